The van der Waals surface area contributed by atoms with Gasteiger partial charge in [-0.25, -0.2) is 0 Å². The van der Waals surface area contributed by atoms with Crippen LogP contribution in [0.2, 0.25) is 0 Å². The maximum absolute atomic E-state index is 5.45. The van der Waals surface area contributed by atoms with Crippen LogP contribution in [0, 0.1) is 5.92 Å². The summed E-state index contributed by atoms with van der Waals surface area (Å²) in [4.78, 5) is 2.70. The Labute approximate surface area is 139 Å². The van der Waals surface area contributed by atoms with Crippen LogP contribution in [0.15, 0.2) is 18.2 Å². The van der Waals surface area contributed by atoms with Gasteiger partial charge < -0.3 is 19.7 Å². The highest BCUT2D eigenvalue weighted by Gasteiger charge is 2.34. The number of fused-ring (bicyclic) bond motifs is 1. The summed E-state index contributed by atoms with van der Waals surface area (Å²) in [6.07, 6.45) is 6.50. The summed E-state index contributed by atoms with van der Waals surface area (Å²) in [6, 6.07) is 7.81. The molecular formula is C19H28N2O2. The van der Waals surface area contributed by atoms with Gasteiger partial charge in [0, 0.05) is 18.6 Å². The Balaban J connectivity index is 1.18. The zero-order chi connectivity index (χ0) is 15.6. The molecule has 126 valence electrons. The van der Waals surface area contributed by atoms with E-state index in [0.717, 1.165) is 29.9 Å². The first-order valence-corrected chi connectivity index (χ1v) is 9.14. The third-order valence-corrected chi connectivity index (χ3v) is 5.44. The van der Waals surface area contributed by atoms with E-state index >= 15 is 0 Å². The van der Waals surface area contributed by atoms with E-state index in [1.165, 1.54) is 50.9 Å². The lowest BCUT2D eigenvalue weighted by Gasteiger charge is -2.18. The van der Waals surface area contributed by atoms with Gasteiger partial charge >= 0.3 is 0 Å². The Morgan fingerprint density at radius 2 is 2.09 bits per heavy atom. The molecule has 1 saturated heterocycles. The van der Waals surface area contributed by atoms with Crippen LogP contribution in [-0.2, 0) is 6.42 Å². The standard InChI is InChI=1S/C19H28N2O2/c1-14(20-11-16-8-9-21(12-16)17-5-6-17)2-3-15-4-7-18-19(10-15)23-13-22-18/h4,7,10,14,16-17,20H,2-3,5-6,8-9,11-13H2,1H3. The maximum Gasteiger partial charge on any atom is 0.231 e. The van der Waals surface area contributed by atoms with E-state index in [-0.39, 0.29) is 0 Å². The van der Waals surface area contributed by atoms with Gasteiger partial charge in [0.2, 0.25) is 6.79 Å². The molecule has 1 aromatic rings. The summed E-state index contributed by atoms with van der Waals surface area (Å²) in [7, 11) is 0. The molecule has 4 nitrogen and oxygen atoms in total. The summed E-state index contributed by atoms with van der Waals surface area (Å²) < 4.78 is 10.8. The molecule has 23 heavy (non-hydrogen) atoms. The van der Waals surface area contributed by atoms with Gasteiger partial charge in [0.25, 0.3) is 0 Å². The fraction of sp³-hybridized carbons (Fsp3) is 0.684. The van der Waals surface area contributed by atoms with Crippen LogP contribution < -0.4 is 14.8 Å². The summed E-state index contributed by atoms with van der Waals surface area (Å²) >= 11 is 0. The summed E-state index contributed by atoms with van der Waals surface area (Å²) in [5, 5.41) is 3.74. The minimum Gasteiger partial charge on any atom is -0.454 e. The predicted octanol–water partition coefficient (Wildman–Crippen LogP) is 2.81. The normalized spacial score (nSPS) is 25.0. The molecule has 0 aromatic heterocycles. The number of benzene rings is 1. The highest BCUT2D eigenvalue weighted by molar-refractivity contribution is 5.44. The van der Waals surface area contributed by atoms with Crippen LogP contribution in [0.4, 0.5) is 0 Å². The Morgan fingerprint density at radius 3 is 2.96 bits per heavy atom. The molecule has 2 aliphatic heterocycles. The predicted molar refractivity (Wildman–Crippen MR) is 91.1 cm³/mol. The third kappa shape index (κ3) is 3.81. The number of aryl methyl sites for hydroxylation is 1. The molecule has 1 N–H and O–H groups in total. The SMILES string of the molecule is CC(CCc1ccc2c(c1)OCO2)NCC1CCN(C2CC2)C1. The van der Waals surface area contributed by atoms with E-state index < -0.39 is 0 Å². The molecule has 4 rings (SSSR count). The molecule has 2 heterocycles. The van der Waals surface area contributed by atoms with Crippen molar-refractivity contribution in [3.8, 4) is 11.5 Å². The molecule has 1 aliphatic carbocycles. The number of ether oxygens (including phenoxy) is 2. The molecule has 1 aromatic carbocycles. The lowest BCUT2D eigenvalue weighted by Crippen LogP contribution is -2.33. The summed E-state index contributed by atoms with van der Waals surface area (Å²) in [5.41, 5.74) is 1.34. The monoisotopic (exact) mass is 316 g/mol. The Kier molecular flexibility index (Phi) is 4.45. The van der Waals surface area contributed by atoms with Gasteiger partial charge in [0.05, 0.1) is 0 Å². The van der Waals surface area contributed by atoms with Gasteiger partial charge in [-0.15, -0.1) is 0 Å². The maximum atomic E-state index is 5.45. The largest absolute Gasteiger partial charge is 0.454 e. The van der Waals surface area contributed by atoms with Crippen LogP contribution in [0.25, 0.3) is 0 Å². The molecule has 4 heteroatoms. The number of hydrogen-bond donors (Lipinski definition) is 1. The lowest BCUT2D eigenvalue weighted by atomic mass is 10.0. The first-order valence-electron chi connectivity index (χ1n) is 9.14. The first-order chi connectivity index (χ1) is 11.3. The Morgan fingerprint density at radius 1 is 1.22 bits per heavy atom. The van der Waals surface area contributed by atoms with Crippen molar-refractivity contribution in [1.82, 2.24) is 10.2 Å². The van der Waals surface area contributed by atoms with E-state index in [9.17, 15) is 0 Å². The van der Waals surface area contributed by atoms with Crippen molar-refractivity contribution in [2.75, 3.05) is 26.4 Å². The molecule has 3 aliphatic rings. The topological polar surface area (TPSA) is 33.7 Å². The van der Waals surface area contributed by atoms with Crippen molar-refractivity contribution >= 4 is 0 Å². The average molecular weight is 316 g/mol. The van der Waals surface area contributed by atoms with Gasteiger partial charge in [0.15, 0.2) is 11.5 Å². The van der Waals surface area contributed by atoms with Crippen LogP contribution in [-0.4, -0.2) is 43.4 Å². The van der Waals surface area contributed by atoms with Crippen molar-refractivity contribution < 1.29 is 9.47 Å². The van der Waals surface area contributed by atoms with Crippen molar-refractivity contribution in [1.29, 1.82) is 0 Å². The number of nitrogens with zero attached hydrogens (tertiary/aromatic N) is 1. The molecule has 0 bridgehead atoms. The number of nitrogens with one attached hydrogen (secondary N) is 1. The Bertz CT molecular complexity index is 544. The number of likely N-dealkylation sites (tertiary alicyclic amines) is 1. The minimum absolute atomic E-state index is 0.357. The fourth-order valence-electron chi connectivity index (χ4n) is 3.75. The van der Waals surface area contributed by atoms with E-state index in [1.807, 2.05) is 6.07 Å². The number of rotatable bonds is 7. The van der Waals surface area contributed by atoms with Crippen LogP contribution in [0.3, 0.4) is 0 Å². The average Bonchev–Trinajstić information content (AvgIpc) is 3.12. The second-order valence-electron chi connectivity index (χ2n) is 7.42. The van der Waals surface area contributed by atoms with Gasteiger partial charge in [-0.3, -0.25) is 0 Å². The van der Waals surface area contributed by atoms with Crippen molar-refractivity contribution in [2.24, 2.45) is 5.92 Å². The Hall–Kier alpha value is -1.26. The summed E-state index contributed by atoms with van der Waals surface area (Å²) in [6.45, 7) is 6.47. The molecule has 0 amide bonds. The summed E-state index contributed by atoms with van der Waals surface area (Å²) in [5.74, 6) is 2.62. The van der Waals surface area contributed by atoms with Gasteiger partial charge in [-0.1, -0.05) is 6.07 Å². The van der Waals surface area contributed by atoms with E-state index in [4.69, 9.17) is 9.47 Å². The van der Waals surface area contributed by atoms with Gasteiger partial charge in [-0.05, 0) is 75.7 Å². The highest BCUT2D eigenvalue weighted by atomic mass is 16.7. The van der Waals surface area contributed by atoms with Crippen LogP contribution in [0.1, 0.15) is 38.2 Å². The second-order valence-corrected chi connectivity index (χ2v) is 7.42. The molecular weight excluding hydrogens is 288 g/mol. The first kappa shape index (κ1) is 15.3. The van der Waals surface area contributed by atoms with Gasteiger partial charge in [0.1, 0.15) is 0 Å². The van der Waals surface area contributed by atoms with Crippen molar-refractivity contribution in [2.45, 2.75) is 51.1 Å². The zero-order valence-electron chi connectivity index (χ0n) is 14.1. The van der Waals surface area contributed by atoms with Crippen LogP contribution >= 0.6 is 0 Å². The molecule has 0 radical (unpaired) electrons. The van der Waals surface area contributed by atoms with E-state index in [2.05, 4.69) is 29.3 Å². The van der Waals surface area contributed by atoms with Gasteiger partial charge in [-0.2, -0.15) is 0 Å². The van der Waals surface area contributed by atoms with E-state index in [1.54, 1.807) is 0 Å². The lowest BCUT2D eigenvalue weighted by molar-refractivity contribution is 0.174. The third-order valence-electron chi connectivity index (χ3n) is 5.44. The quantitative estimate of drug-likeness (QED) is 0.839. The second kappa shape index (κ2) is 6.70. The highest BCUT2D eigenvalue weighted by Crippen LogP contribution is 2.33. The fourth-order valence-corrected chi connectivity index (χ4v) is 3.75. The molecule has 0 spiro atoms. The van der Waals surface area contributed by atoms with Crippen molar-refractivity contribution in [3.05, 3.63) is 23.8 Å². The van der Waals surface area contributed by atoms with E-state index in [0.29, 0.717) is 12.8 Å². The molecule has 1 saturated carbocycles. The van der Waals surface area contributed by atoms with Crippen molar-refractivity contribution in [3.63, 3.8) is 0 Å². The zero-order valence-corrected chi connectivity index (χ0v) is 14.1. The number of hydrogen-bond acceptors (Lipinski definition) is 4. The minimum atomic E-state index is 0.357. The molecule has 2 fully saturated rings. The smallest absolute Gasteiger partial charge is 0.231 e. The molecule has 2 atom stereocenters. The molecule has 2 unspecified atom stereocenters. The van der Waals surface area contributed by atoms with Crippen LogP contribution in [0.5, 0.6) is 11.5 Å².